The molecule has 0 atom stereocenters. The average molecular weight is 663 g/mol. The van der Waals surface area contributed by atoms with Gasteiger partial charge in [-0.25, -0.2) is 9.97 Å². The number of hydrogen-bond donors (Lipinski definition) is 0. The van der Waals surface area contributed by atoms with Crippen molar-refractivity contribution in [2.45, 2.75) is 0 Å². The molecule has 10 aromatic rings. The van der Waals surface area contributed by atoms with Gasteiger partial charge in [0.05, 0.1) is 28.1 Å². The predicted octanol–water partition coefficient (Wildman–Crippen LogP) is 12.2. The molecule has 0 N–H and O–H groups in total. The fraction of sp³-hybridized carbons (Fsp3) is 0. The zero-order chi connectivity index (χ0) is 34.4. The minimum absolute atomic E-state index is 0.846. The predicted molar refractivity (Wildman–Crippen MR) is 215 cm³/mol. The van der Waals surface area contributed by atoms with Gasteiger partial charge in [0.15, 0.2) is 0 Å². The van der Waals surface area contributed by atoms with E-state index in [1.165, 1.54) is 10.8 Å². The fourth-order valence-electron chi connectivity index (χ4n) is 7.29. The molecule has 0 amide bonds. The van der Waals surface area contributed by atoms with Gasteiger partial charge in [0.25, 0.3) is 0 Å². The first-order chi connectivity index (χ1) is 25.7. The number of nitrogens with zero attached hydrogens (tertiary/aromatic N) is 4. The molecule has 0 saturated heterocycles. The molecule has 4 aromatic heterocycles. The van der Waals surface area contributed by atoms with Gasteiger partial charge in [-0.05, 0) is 68.7 Å². The molecule has 52 heavy (non-hydrogen) atoms. The van der Waals surface area contributed by atoms with Crippen molar-refractivity contribution in [2.75, 3.05) is 0 Å². The van der Waals surface area contributed by atoms with E-state index >= 15 is 0 Å². The van der Waals surface area contributed by atoms with Crippen molar-refractivity contribution in [1.29, 1.82) is 0 Å². The summed E-state index contributed by atoms with van der Waals surface area (Å²) in [6, 6.07) is 57.5. The Balaban J connectivity index is 1.26. The maximum atomic E-state index is 5.46. The second-order valence-electron chi connectivity index (χ2n) is 13.1. The lowest BCUT2D eigenvalue weighted by Crippen LogP contribution is -1.96. The summed E-state index contributed by atoms with van der Waals surface area (Å²) in [5.41, 5.74) is 11.9. The molecule has 0 bridgehead atoms. The van der Waals surface area contributed by atoms with Gasteiger partial charge in [0.1, 0.15) is 0 Å². The van der Waals surface area contributed by atoms with Gasteiger partial charge in [-0.1, -0.05) is 133 Å². The van der Waals surface area contributed by atoms with Gasteiger partial charge >= 0.3 is 0 Å². The number of pyridine rings is 4. The third-order valence-corrected chi connectivity index (χ3v) is 9.97. The molecule has 0 aliphatic rings. The zero-order valence-corrected chi connectivity index (χ0v) is 28.1. The molecule has 0 aliphatic heterocycles. The summed E-state index contributed by atoms with van der Waals surface area (Å²) >= 11 is 0. The molecular formula is C48H30N4. The van der Waals surface area contributed by atoms with E-state index in [1.54, 1.807) is 6.20 Å². The van der Waals surface area contributed by atoms with Crippen LogP contribution in [0.4, 0.5) is 0 Å². The fourth-order valence-corrected chi connectivity index (χ4v) is 7.29. The van der Waals surface area contributed by atoms with Crippen LogP contribution in [0.25, 0.3) is 99.4 Å². The van der Waals surface area contributed by atoms with Gasteiger partial charge < -0.3 is 0 Å². The van der Waals surface area contributed by atoms with Gasteiger partial charge in [-0.3, -0.25) is 9.97 Å². The topological polar surface area (TPSA) is 51.6 Å². The van der Waals surface area contributed by atoms with Crippen LogP contribution in [0.15, 0.2) is 182 Å². The van der Waals surface area contributed by atoms with Crippen molar-refractivity contribution < 1.29 is 0 Å². The summed E-state index contributed by atoms with van der Waals surface area (Å²) in [6.07, 6.45) is 5.67. The zero-order valence-electron chi connectivity index (χ0n) is 28.1. The van der Waals surface area contributed by atoms with E-state index in [1.807, 2.05) is 24.5 Å². The third-order valence-electron chi connectivity index (χ3n) is 9.97. The van der Waals surface area contributed by atoms with Crippen molar-refractivity contribution in [3.63, 3.8) is 0 Å². The van der Waals surface area contributed by atoms with Crippen LogP contribution < -0.4 is 0 Å². The molecule has 242 valence electrons. The molecule has 0 spiro atoms. The highest BCUT2D eigenvalue weighted by molar-refractivity contribution is 6.13. The van der Waals surface area contributed by atoms with E-state index in [9.17, 15) is 0 Å². The molecule has 0 radical (unpaired) electrons. The minimum atomic E-state index is 0.846. The van der Waals surface area contributed by atoms with E-state index in [2.05, 4.69) is 157 Å². The Labute approximate surface area is 300 Å². The van der Waals surface area contributed by atoms with Crippen molar-refractivity contribution in [2.24, 2.45) is 0 Å². The van der Waals surface area contributed by atoms with Crippen LogP contribution in [0.5, 0.6) is 0 Å². The monoisotopic (exact) mass is 662 g/mol. The Morgan fingerprint density at radius 2 is 0.923 bits per heavy atom. The van der Waals surface area contributed by atoms with Crippen LogP contribution in [0, 0.1) is 0 Å². The van der Waals surface area contributed by atoms with E-state index < -0.39 is 0 Å². The number of aromatic nitrogens is 4. The third kappa shape index (κ3) is 5.26. The number of rotatable bonds is 5. The summed E-state index contributed by atoms with van der Waals surface area (Å²) in [7, 11) is 0. The van der Waals surface area contributed by atoms with Gasteiger partial charge in [0, 0.05) is 51.4 Å². The number of benzene rings is 6. The molecule has 4 nitrogen and oxygen atoms in total. The Kier molecular flexibility index (Phi) is 7.10. The lowest BCUT2D eigenvalue weighted by atomic mass is 9.93. The standard InChI is InChI=1S/C48H30N4/c1-2-10-34(11-3-1)44-27-42(33-19-16-32(17-20-33)38-15-8-24-49-29-38)40-22-23-41-43(46-26-36-13-6-7-14-39(36)30-50-46)28-45(52-48(41)47(40)51-44)37-21-18-31-9-4-5-12-35(31)25-37/h1-30H. The van der Waals surface area contributed by atoms with Crippen molar-refractivity contribution in [3.8, 4) is 56.0 Å². The first-order valence-corrected chi connectivity index (χ1v) is 17.4. The molecule has 0 aliphatic carbocycles. The largest absolute Gasteiger partial charge is 0.264 e. The van der Waals surface area contributed by atoms with Gasteiger partial charge in [-0.15, -0.1) is 0 Å². The smallest absolute Gasteiger partial charge is 0.0979 e. The normalized spacial score (nSPS) is 11.5. The van der Waals surface area contributed by atoms with Crippen molar-refractivity contribution >= 4 is 43.4 Å². The van der Waals surface area contributed by atoms with Gasteiger partial charge in [0.2, 0.25) is 0 Å². The maximum Gasteiger partial charge on any atom is 0.0979 e. The van der Waals surface area contributed by atoms with Crippen molar-refractivity contribution in [3.05, 3.63) is 182 Å². The lowest BCUT2D eigenvalue weighted by Gasteiger charge is -2.16. The van der Waals surface area contributed by atoms with Crippen LogP contribution in [0.3, 0.4) is 0 Å². The average Bonchev–Trinajstić information content (AvgIpc) is 3.23. The van der Waals surface area contributed by atoms with E-state index in [0.29, 0.717) is 0 Å². The Morgan fingerprint density at radius 1 is 0.327 bits per heavy atom. The highest BCUT2D eigenvalue weighted by atomic mass is 14.8. The Hall–Kier alpha value is -7.04. The highest BCUT2D eigenvalue weighted by Gasteiger charge is 2.18. The first kappa shape index (κ1) is 29.8. The van der Waals surface area contributed by atoms with E-state index in [4.69, 9.17) is 15.0 Å². The quantitative estimate of drug-likeness (QED) is 0.172. The van der Waals surface area contributed by atoms with Gasteiger partial charge in [-0.2, -0.15) is 0 Å². The Morgan fingerprint density at radius 3 is 1.67 bits per heavy atom. The molecule has 0 saturated carbocycles. The maximum absolute atomic E-state index is 5.46. The van der Waals surface area contributed by atoms with E-state index in [-0.39, 0.29) is 0 Å². The van der Waals surface area contributed by atoms with Crippen LogP contribution in [0.1, 0.15) is 0 Å². The molecule has 10 rings (SSSR count). The minimum Gasteiger partial charge on any atom is -0.264 e. The highest BCUT2D eigenvalue weighted by Crippen LogP contribution is 2.40. The van der Waals surface area contributed by atoms with E-state index in [0.717, 1.165) is 88.6 Å². The van der Waals surface area contributed by atoms with Crippen LogP contribution in [-0.4, -0.2) is 19.9 Å². The number of fused-ring (bicyclic) bond motifs is 5. The molecular weight excluding hydrogens is 633 g/mol. The van der Waals surface area contributed by atoms with Crippen LogP contribution in [0.2, 0.25) is 0 Å². The second kappa shape index (κ2) is 12.4. The molecule has 6 aromatic carbocycles. The molecule has 0 unspecified atom stereocenters. The van der Waals surface area contributed by atoms with Crippen molar-refractivity contribution in [1.82, 2.24) is 19.9 Å². The number of hydrogen-bond acceptors (Lipinski definition) is 4. The lowest BCUT2D eigenvalue weighted by molar-refractivity contribution is 1.33. The summed E-state index contributed by atoms with van der Waals surface area (Å²) < 4.78 is 0. The summed E-state index contributed by atoms with van der Waals surface area (Å²) in [6.45, 7) is 0. The summed E-state index contributed by atoms with van der Waals surface area (Å²) in [4.78, 5) is 20.2. The summed E-state index contributed by atoms with van der Waals surface area (Å²) in [5, 5.41) is 6.68. The van der Waals surface area contributed by atoms with Crippen LogP contribution in [-0.2, 0) is 0 Å². The van der Waals surface area contributed by atoms with Crippen LogP contribution >= 0.6 is 0 Å². The second-order valence-corrected chi connectivity index (χ2v) is 13.1. The molecule has 4 heterocycles. The Bertz CT molecular complexity index is 2940. The summed E-state index contributed by atoms with van der Waals surface area (Å²) in [5.74, 6) is 0. The molecule has 0 fully saturated rings. The SMILES string of the molecule is c1ccc(-c2cc(-c3ccc(-c4cccnc4)cc3)c3ccc4c(-c5cc6ccccc6cn5)cc(-c5ccc6ccccc6c5)nc4c3n2)cc1. The molecule has 4 heteroatoms. The first-order valence-electron chi connectivity index (χ1n) is 17.4.